The summed E-state index contributed by atoms with van der Waals surface area (Å²) in [6, 6.07) is 8.14. The third-order valence-electron chi connectivity index (χ3n) is 3.35. The Morgan fingerprint density at radius 2 is 2.14 bits per heavy atom. The second-order valence-corrected chi connectivity index (χ2v) is 4.76. The molecule has 2 aromatic rings. The summed E-state index contributed by atoms with van der Waals surface area (Å²) in [5.74, 6) is -1.04. The van der Waals surface area contributed by atoms with Crippen LogP contribution in [0.3, 0.4) is 0 Å². The van der Waals surface area contributed by atoms with Gasteiger partial charge in [-0.25, -0.2) is 0 Å². The molecule has 0 fully saturated rings. The van der Waals surface area contributed by atoms with Gasteiger partial charge in [0, 0.05) is 12.2 Å². The van der Waals surface area contributed by atoms with Crippen molar-refractivity contribution in [2.24, 2.45) is 0 Å². The van der Waals surface area contributed by atoms with Gasteiger partial charge in [0.25, 0.3) is 5.91 Å². The van der Waals surface area contributed by atoms with E-state index in [4.69, 9.17) is 4.42 Å². The van der Waals surface area contributed by atoms with Gasteiger partial charge in [0.15, 0.2) is 5.76 Å². The zero-order chi connectivity index (χ0) is 14.8. The van der Waals surface area contributed by atoms with E-state index in [-0.39, 0.29) is 5.76 Å². The van der Waals surface area contributed by atoms with Gasteiger partial charge in [0.2, 0.25) is 0 Å². The predicted molar refractivity (Wildman–Crippen MR) is 75.2 cm³/mol. The third kappa shape index (κ3) is 2.77. The summed E-state index contributed by atoms with van der Waals surface area (Å²) < 4.78 is 4.87. The number of rotatable bonds is 3. The van der Waals surface area contributed by atoms with Crippen LogP contribution in [0.25, 0.3) is 0 Å². The number of fused-ring (bicyclic) bond motifs is 1. The molecule has 0 spiro atoms. The summed E-state index contributed by atoms with van der Waals surface area (Å²) in [6.07, 6.45) is 0.966. The van der Waals surface area contributed by atoms with Crippen LogP contribution in [0.5, 0.6) is 0 Å². The Hall–Kier alpha value is -2.67. The number of anilines is 1. The molecule has 1 aliphatic rings. The number of nitro groups is 1. The Labute approximate surface area is 120 Å². The average Bonchev–Trinajstić information content (AvgIpc) is 2.97. The van der Waals surface area contributed by atoms with Gasteiger partial charge in [-0.15, -0.1) is 0 Å². The Bertz CT molecular complexity index is 708. The van der Waals surface area contributed by atoms with Crippen LogP contribution in [0, 0.1) is 10.1 Å². The smallest absolute Gasteiger partial charge is 0.395 e. The lowest BCUT2D eigenvalue weighted by molar-refractivity contribution is -0.402. The minimum atomic E-state index is -0.679. The van der Waals surface area contributed by atoms with Crippen molar-refractivity contribution in [1.82, 2.24) is 5.32 Å². The minimum Gasteiger partial charge on any atom is -0.395 e. The Balaban J connectivity index is 1.76. The van der Waals surface area contributed by atoms with Gasteiger partial charge in [-0.2, -0.15) is 0 Å². The summed E-state index contributed by atoms with van der Waals surface area (Å²) in [5, 5.41) is 16.5. The number of amides is 1. The van der Waals surface area contributed by atoms with Crippen molar-refractivity contribution in [3.63, 3.8) is 0 Å². The number of nitrogens with zero attached hydrogens (tertiary/aromatic N) is 1. The van der Waals surface area contributed by atoms with E-state index in [1.807, 2.05) is 18.2 Å². The summed E-state index contributed by atoms with van der Waals surface area (Å²) in [7, 11) is 0. The molecule has 0 aliphatic carbocycles. The van der Waals surface area contributed by atoms with E-state index < -0.39 is 16.7 Å². The first-order chi connectivity index (χ1) is 10.1. The minimum absolute atomic E-state index is 0.0856. The number of carbonyl (C=O) groups excluding carboxylic acids is 1. The van der Waals surface area contributed by atoms with Crippen LogP contribution in [-0.2, 0) is 13.0 Å². The second-order valence-electron chi connectivity index (χ2n) is 4.76. The molecule has 1 aromatic heterocycles. The Morgan fingerprint density at radius 3 is 2.90 bits per heavy atom. The van der Waals surface area contributed by atoms with Gasteiger partial charge in [0.05, 0.1) is 6.07 Å². The van der Waals surface area contributed by atoms with Gasteiger partial charge in [-0.05, 0) is 42.3 Å². The standard InChI is InChI=1S/C14H13N3O4/c18-14(12-3-4-13(21-12)17(19)20)16-11-2-1-9-5-6-15-8-10(9)7-11/h1-4,7,15H,5-6,8H2,(H,16,18). The van der Waals surface area contributed by atoms with E-state index in [0.29, 0.717) is 5.69 Å². The molecule has 0 atom stereocenters. The first-order valence-corrected chi connectivity index (χ1v) is 6.51. The Morgan fingerprint density at radius 1 is 1.29 bits per heavy atom. The molecule has 2 heterocycles. The summed E-state index contributed by atoms with van der Waals surface area (Å²) >= 11 is 0. The van der Waals surface area contributed by atoms with Crippen molar-refractivity contribution < 1.29 is 14.1 Å². The molecule has 3 rings (SSSR count). The Kier molecular flexibility index (Phi) is 3.41. The second kappa shape index (κ2) is 5.37. The molecule has 2 N–H and O–H groups in total. The highest BCUT2D eigenvalue weighted by molar-refractivity contribution is 6.02. The molecule has 1 aromatic carbocycles. The molecule has 1 amide bonds. The lowest BCUT2D eigenvalue weighted by Gasteiger charge is -2.17. The molecule has 0 saturated carbocycles. The quantitative estimate of drug-likeness (QED) is 0.665. The summed E-state index contributed by atoms with van der Waals surface area (Å²) in [6.45, 7) is 1.72. The first-order valence-electron chi connectivity index (χ1n) is 6.51. The van der Waals surface area contributed by atoms with Gasteiger partial charge >= 0.3 is 5.88 Å². The highest BCUT2D eigenvalue weighted by atomic mass is 16.6. The molecule has 0 bridgehead atoms. The average molecular weight is 287 g/mol. The van der Waals surface area contributed by atoms with Crippen molar-refractivity contribution in [1.29, 1.82) is 0 Å². The lowest BCUT2D eigenvalue weighted by atomic mass is 10.0. The lowest BCUT2D eigenvalue weighted by Crippen LogP contribution is -2.23. The predicted octanol–water partition coefficient (Wildman–Crippen LogP) is 2.09. The highest BCUT2D eigenvalue weighted by Crippen LogP contribution is 2.21. The normalized spacial score (nSPS) is 13.5. The van der Waals surface area contributed by atoms with Crippen LogP contribution in [0.4, 0.5) is 11.6 Å². The van der Waals surface area contributed by atoms with E-state index >= 15 is 0 Å². The third-order valence-corrected chi connectivity index (χ3v) is 3.35. The van der Waals surface area contributed by atoms with Gasteiger partial charge < -0.3 is 15.1 Å². The van der Waals surface area contributed by atoms with Crippen molar-refractivity contribution >= 4 is 17.5 Å². The highest BCUT2D eigenvalue weighted by Gasteiger charge is 2.18. The maximum Gasteiger partial charge on any atom is 0.433 e. The molecule has 0 radical (unpaired) electrons. The maximum absolute atomic E-state index is 12.0. The molecule has 108 valence electrons. The largest absolute Gasteiger partial charge is 0.433 e. The summed E-state index contributed by atoms with van der Waals surface area (Å²) in [5.41, 5.74) is 3.05. The van der Waals surface area contributed by atoms with Gasteiger partial charge in [-0.1, -0.05) is 6.07 Å². The van der Waals surface area contributed by atoms with E-state index in [0.717, 1.165) is 31.1 Å². The molecule has 21 heavy (non-hydrogen) atoms. The van der Waals surface area contributed by atoms with Crippen LogP contribution in [0.1, 0.15) is 21.7 Å². The number of hydrogen-bond donors (Lipinski definition) is 2. The molecule has 1 aliphatic heterocycles. The molecule has 0 saturated heterocycles. The fourth-order valence-electron chi connectivity index (χ4n) is 2.30. The van der Waals surface area contributed by atoms with Crippen LogP contribution in [0.2, 0.25) is 0 Å². The maximum atomic E-state index is 12.0. The van der Waals surface area contributed by atoms with Crippen LogP contribution >= 0.6 is 0 Å². The zero-order valence-corrected chi connectivity index (χ0v) is 11.1. The molecule has 0 unspecified atom stereocenters. The number of hydrogen-bond acceptors (Lipinski definition) is 5. The van der Waals surface area contributed by atoms with Crippen molar-refractivity contribution in [3.8, 4) is 0 Å². The monoisotopic (exact) mass is 287 g/mol. The molecule has 7 nitrogen and oxygen atoms in total. The first kappa shape index (κ1) is 13.3. The fourth-order valence-corrected chi connectivity index (χ4v) is 2.30. The van der Waals surface area contributed by atoms with Crippen LogP contribution in [0.15, 0.2) is 34.7 Å². The fraction of sp³-hybridized carbons (Fsp3) is 0.214. The van der Waals surface area contributed by atoms with E-state index in [9.17, 15) is 14.9 Å². The van der Waals surface area contributed by atoms with Gasteiger partial charge in [-0.3, -0.25) is 14.9 Å². The molecular formula is C14H13N3O4. The number of carbonyl (C=O) groups is 1. The van der Waals surface area contributed by atoms with Crippen molar-refractivity contribution in [2.45, 2.75) is 13.0 Å². The molecule has 7 heteroatoms. The van der Waals surface area contributed by atoms with E-state index in [2.05, 4.69) is 10.6 Å². The zero-order valence-electron chi connectivity index (χ0n) is 11.1. The topological polar surface area (TPSA) is 97.4 Å². The number of nitrogens with one attached hydrogen (secondary N) is 2. The van der Waals surface area contributed by atoms with Crippen molar-refractivity contribution in [2.75, 3.05) is 11.9 Å². The van der Waals surface area contributed by atoms with Gasteiger partial charge in [0.1, 0.15) is 4.92 Å². The molecular weight excluding hydrogens is 274 g/mol. The number of benzene rings is 1. The van der Waals surface area contributed by atoms with E-state index in [1.165, 1.54) is 11.6 Å². The summed E-state index contributed by atoms with van der Waals surface area (Å²) in [4.78, 5) is 21.8. The SMILES string of the molecule is O=C(Nc1ccc2c(c1)CNCC2)c1ccc([N+](=O)[O-])o1. The van der Waals surface area contributed by atoms with Crippen LogP contribution in [-0.4, -0.2) is 17.4 Å². The van der Waals surface area contributed by atoms with Crippen LogP contribution < -0.4 is 10.6 Å². The van der Waals surface area contributed by atoms with E-state index in [1.54, 1.807) is 0 Å². The van der Waals surface area contributed by atoms with Crippen molar-refractivity contribution in [3.05, 3.63) is 57.3 Å². The number of furan rings is 1.